The molecule has 2 fully saturated rings. The molecule has 1 aromatic heterocycles. The minimum absolute atomic E-state index is 0. The third-order valence-corrected chi connectivity index (χ3v) is 5.73. The van der Waals surface area contributed by atoms with E-state index in [1.54, 1.807) is 6.26 Å². The van der Waals surface area contributed by atoms with E-state index in [4.69, 9.17) is 18.9 Å². The summed E-state index contributed by atoms with van der Waals surface area (Å²) in [5.74, 6) is 1.93. The van der Waals surface area contributed by atoms with Crippen LogP contribution in [0.25, 0.3) is 0 Å². The number of halogens is 1. The van der Waals surface area contributed by atoms with Gasteiger partial charge in [0.05, 0.1) is 31.7 Å². The van der Waals surface area contributed by atoms with Crippen LogP contribution in [0.4, 0.5) is 0 Å². The maximum Gasteiger partial charge on any atom is 0.191 e. The molecule has 2 heterocycles. The summed E-state index contributed by atoms with van der Waals surface area (Å²) in [5, 5.41) is 7.17. The van der Waals surface area contributed by atoms with Gasteiger partial charge in [-0.2, -0.15) is 0 Å². The van der Waals surface area contributed by atoms with Gasteiger partial charge in [-0.1, -0.05) is 0 Å². The third-order valence-electron chi connectivity index (χ3n) is 5.73. The Hall–Kier alpha value is -0.840. The Bertz CT molecular complexity index is 598. The van der Waals surface area contributed by atoms with Crippen molar-refractivity contribution in [2.24, 2.45) is 4.99 Å². The van der Waals surface area contributed by atoms with Crippen molar-refractivity contribution >= 4 is 29.9 Å². The van der Waals surface area contributed by atoms with Gasteiger partial charge in [0.25, 0.3) is 0 Å². The number of morpholine rings is 1. The van der Waals surface area contributed by atoms with Crippen molar-refractivity contribution in [3.63, 3.8) is 0 Å². The molecule has 2 aliphatic rings. The van der Waals surface area contributed by atoms with Crippen molar-refractivity contribution in [2.75, 3.05) is 45.9 Å². The minimum Gasteiger partial charge on any atom is -0.469 e. The molecule has 0 unspecified atom stereocenters. The molecule has 0 aromatic carbocycles. The Balaban J connectivity index is 0.00000341. The van der Waals surface area contributed by atoms with Gasteiger partial charge in [-0.25, -0.2) is 0 Å². The van der Waals surface area contributed by atoms with Gasteiger partial charge < -0.3 is 24.5 Å². The fourth-order valence-corrected chi connectivity index (χ4v) is 4.14. The fraction of sp³-hybridized carbons (Fsp3) is 0.783. The molecule has 0 atom stereocenters. The van der Waals surface area contributed by atoms with Crippen molar-refractivity contribution in [3.8, 4) is 0 Å². The zero-order chi connectivity index (χ0) is 21.0. The van der Waals surface area contributed by atoms with E-state index < -0.39 is 0 Å². The van der Waals surface area contributed by atoms with E-state index in [0.717, 1.165) is 96.2 Å². The summed E-state index contributed by atoms with van der Waals surface area (Å²) < 4.78 is 16.9. The summed E-state index contributed by atoms with van der Waals surface area (Å²) in [6.45, 7) is 10.8. The molecular weight excluding hydrogens is 507 g/mol. The van der Waals surface area contributed by atoms with Gasteiger partial charge in [0.15, 0.2) is 5.96 Å². The molecule has 7 nitrogen and oxygen atoms in total. The van der Waals surface area contributed by atoms with Crippen LogP contribution in [0.3, 0.4) is 0 Å². The highest BCUT2D eigenvalue weighted by molar-refractivity contribution is 14.0. The molecule has 0 bridgehead atoms. The Morgan fingerprint density at radius 2 is 2.00 bits per heavy atom. The Labute approximate surface area is 204 Å². The zero-order valence-electron chi connectivity index (χ0n) is 19.2. The molecule has 3 rings (SSSR count). The number of furan rings is 1. The normalized spacial score (nSPS) is 22.9. The second kappa shape index (κ2) is 15.1. The number of ether oxygens (including phenoxy) is 2. The molecule has 0 spiro atoms. The van der Waals surface area contributed by atoms with Crippen LogP contribution >= 0.6 is 24.0 Å². The summed E-state index contributed by atoms with van der Waals surface area (Å²) in [4.78, 5) is 7.33. The van der Waals surface area contributed by atoms with Crippen LogP contribution in [0.2, 0.25) is 0 Å². The van der Waals surface area contributed by atoms with Crippen LogP contribution in [0.5, 0.6) is 0 Å². The molecule has 0 amide bonds. The highest BCUT2D eigenvalue weighted by atomic mass is 127. The summed E-state index contributed by atoms with van der Waals surface area (Å²) in [6, 6.07) is 4.42. The summed E-state index contributed by atoms with van der Waals surface area (Å²) in [6.07, 6.45) is 8.87. The molecule has 1 aromatic rings. The van der Waals surface area contributed by atoms with Crippen molar-refractivity contribution in [3.05, 3.63) is 24.2 Å². The Morgan fingerprint density at radius 1 is 1.23 bits per heavy atom. The predicted octanol–water partition coefficient (Wildman–Crippen LogP) is 3.43. The van der Waals surface area contributed by atoms with Crippen LogP contribution < -0.4 is 10.6 Å². The number of guanidine groups is 1. The van der Waals surface area contributed by atoms with E-state index in [1.807, 2.05) is 12.1 Å². The molecule has 8 heteroatoms. The van der Waals surface area contributed by atoms with E-state index >= 15 is 0 Å². The number of nitrogens with one attached hydrogen (secondary N) is 2. The molecule has 1 aliphatic carbocycles. The average molecular weight is 549 g/mol. The first-order chi connectivity index (χ1) is 14.7. The third kappa shape index (κ3) is 10.5. The number of hydrogen-bond donors (Lipinski definition) is 2. The van der Waals surface area contributed by atoms with Crippen LogP contribution in [0, 0.1) is 0 Å². The van der Waals surface area contributed by atoms with Crippen LogP contribution in [-0.2, 0) is 15.9 Å². The topological polar surface area (TPSA) is 71.3 Å². The van der Waals surface area contributed by atoms with Gasteiger partial charge in [-0.3, -0.25) is 9.89 Å². The van der Waals surface area contributed by atoms with Gasteiger partial charge in [0.2, 0.25) is 0 Å². The lowest BCUT2D eigenvalue weighted by Crippen LogP contribution is -2.46. The van der Waals surface area contributed by atoms with Gasteiger partial charge in [-0.05, 0) is 58.1 Å². The first kappa shape index (κ1) is 26.4. The quantitative estimate of drug-likeness (QED) is 0.202. The minimum atomic E-state index is 0. The molecule has 178 valence electrons. The van der Waals surface area contributed by atoms with E-state index in [2.05, 4.69) is 29.4 Å². The van der Waals surface area contributed by atoms with Gasteiger partial charge in [0.1, 0.15) is 5.76 Å². The number of aliphatic imine (C=N–C) groups is 1. The molecule has 1 aliphatic heterocycles. The first-order valence-corrected chi connectivity index (χ1v) is 11.7. The van der Waals surface area contributed by atoms with Crippen molar-refractivity contribution < 1.29 is 13.9 Å². The van der Waals surface area contributed by atoms with E-state index in [-0.39, 0.29) is 24.0 Å². The maximum atomic E-state index is 5.99. The monoisotopic (exact) mass is 548 g/mol. The summed E-state index contributed by atoms with van der Waals surface area (Å²) in [5.41, 5.74) is 0. The van der Waals surface area contributed by atoms with E-state index in [1.165, 1.54) is 0 Å². The standard InChI is InChI=1S/C23H40N4O3.HI/c1-19(2)30-22-8-6-20(7-9-22)26-23(25-12-10-21-5-3-16-29-21)24-11-4-13-27-14-17-28-18-15-27;/h3,5,16,19-20,22H,4,6-15,17-18H2,1-2H3,(H2,24,25,26);1H. The highest BCUT2D eigenvalue weighted by Crippen LogP contribution is 2.22. The number of rotatable bonds is 10. The molecule has 2 N–H and O–H groups in total. The largest absolute Gasteiger partial charge is 0.469 e. The van der Waals surface area contributed by atoms with Crippen LogP contribution in [0.15, 0.2) is 27.8 Å². The average Bonchev–Trinajstić information content (AvgIpc) is 3.26. The second-order valence-corrected chi connectivity index (χ2v) is 8.60. The lowest BCUT2D eigenvalue weighted by atomic mass is 9.93. The Morgan fingerprint density at radius 3 is 2.68 bits per heavy atom. The SMILES string of the molecule is CC(C)OC1CCC(NC(=NCCCN2CCOCC2)NCCc2ccco2)CC1.I. The van der Waals surface area contributed by atoms with E-state index in [0.29, 0.717) is 18.2 Å². The summed E-state index contributed by atoms with van der Waals surface area (Å²) in [7, 11) is 0. The number of hydrogen-bond acceptors (Lipinski definition) is 5. The fourth-order valence-electron chi connectivity index (χ4n) is 4.14. The van der Waals surface area contributed by atoms with Crippen molar-refractivity contribution in [1.29, 1.82) is 0 Å². The first-order valence-electron chi connectivity index (χ1n) is 11.7. The van der Waals surface area contributed by atoms with Gasteiger partial charge in [0, 0.05) is 45.2 Å². The van der Waals surface area contributed by atoms with E-state index in [9.17, 15) is 0 Å². The van der Waals surface area contributed by atoms with Crippen molar-refractivity contribution in [1.82, 2.24) is 15.5 Å². The number of nitrogens with zero attached hydrogens (tertiary/aromatic N) is 2. The molecule has 0 radical (unpaired) electrons. The molecule has 1 saturated carbocycles. The highest BCUT2D eigenvalue weighted by Gasteiger charge is 2.23. The van der Waals surface area contributed by atoms with Gasteiger partial charge >= 0.3 is 0 Å². The zero-order valence-corrected chi connectivity index (χ0v) is 21.5. The lowest BCUT2D eigenvalue weighted by molar-refractivity contribution is -0.0152. The van der Waals surface area contributed by atoms with Crippen molar-refractivity contribution in [2.45, 2.75) is 70.6 Å². The lowest BCUT2D eigenvalue weighted by Gasteiger charge is -2.31. The molecule has 31 heavy (non-hydrogen) atoms. The summed E-state index contributed by atoms with van der Waals surface area (Å²) >= 11 is 0. The van der Waals surface area contributed by atoms with Crippen LogP contribution in [0.1, 0.15) is 51.7 Å². The smallest absolute Gasteiger partial charge is 0.191 e. The molecular formula is C23H41IN4O3. The van der Waals surface area contributed by atoms with Gasteiger partial charge in [-0.15, -0.1) is 24.0 Å². The maximum absolute atomic E-state index is 5.99. The van der Waals surface area contributed by atoms with Crippen LogP contribution in [-0.4, -0.2) is 75.0 Å². The second-order valence-electron chi connectivity index (χ2n) is 8.60. The predicted molar refractivity (Wildman–Crippen MR) is 135 cm³/mol. The Kier molecular flexibility index (Phi) is 12.8. The molecule has 1 saturated heterocycles.